The number of nitro benzene ring substituents is 1. The van der Waals surface area contributed by atoms with Crippen LogP contribution in [0.3, 0.4) is 0 Å². The lowest BCUT2D eigenvalue weighted by Gasteiger charge is -2.11. The minimum absolute atomic E-state index is 0.0755. The highest BCUT2D eigenvalue weighted by atomic mass is 32.2. The summed E-state index contributed by atoms with van der Waals surface area (Å²) in [5.74, 6) is 0. The molecule has 0 amide bonds. The minimum atomic E-state index is -3.72. The van der Waals surface area contributed by atoms with Crippen LogP contribution in [0.25, 0.3) is 0 Å². The largest absolute Gasteiger partial charge is 0.279 e. The molecule has 0 aliphatic rings. The van der Waals surface area contributed by atoms with Crippen molar-refractivity contribution in [3.05, 3.63) is 63.7 Å². The van der Waals surface area contributed by atoms with Gasteiger partial charge in [-0.1, -0.05) is 19.1 Å². The Kier molecular flexibility index (Phi) is 4.46. The van der Waals surface area contributed by atoms with Crippen LogP contribution >= 0.6 is 0 Å². The van der Waals surface area contributed by atoms with Crippen LogP contribution in [0.5, 0.6) is 0 Å². The highest BCUT2D eigenvalue weighted by molar-refractivity contribution is 7.92. The molecule has 0 atom stereocenters. The highest BCUT2D eigenvalue weighted by Crippen LogP contribution is 2.24. The summed E-state index contributed by atoms with van der Waals surface area (Å²) in [6.45, 7) is 3.56. The van der Waals surface area contributed by atoms with Gasteiger partial charge in [-0.15, -0.1) is 0 Å². The smallest absolute Gasteiger partial charge is 0.269 e. The number of hydrogen-bond donors (Lipinski definition) is 1. The van der Waals surface area contributed by atoms with E-state index in [0.717, 1.165) is 12.0 Å². The fourth-order valence-electron chi connectivity index (χ4n) is 2.01. The molecule has 0 radical (unpaired) electrons. The van der Waals surface area contributed by atoms with Crippen molar-refractivity contribution >= 4 is 21.4 Å². The second-order valence-electron chi connectivity index (χ2n) is 4.86. The molecule has 116 valence electrons. The average Bonchev–Trinajstić information content (AvgIpc) is 2.49. The van der Waals surface area contributed by atoms with E-state index in [1.54, 1.807) is 19.1 Å². The molecule has 0 aromatic heterocycles. The van der Waals surface area contributed by atoms with Gasteiger partial charge < -0.3 is 0 Å². The van der Waals surface area contributed by atoms with E-state index in [0.29, 0.717) is 11.3 Å². The van der Waals surface area contributed by atoms with Gasteiger partial charge in [-0.2, -0.15) is 0 Å². The van der Waals surface area contributed by atoms with Gasteiger partial charge in [0.05, 0.1) is 15.5 Å². The second kappa shape index (κ2) is 6.15. The number of nitrogens with zero attached hydrogens (tertiary/aromatic N) is 1. The molecule has 7 heteroatoms. The zero-order chi connectivity index (χ0) is 16.3. The summed E-state index contributed by atoms with van der Waals surface area (Å²) in [7, 11) is -3.72. The Hall–Kier alpha value is -2.41. The first-order valence-corrected chi connectivity index (χ1v) is 8.18. The lowest BCUT2D eigenvalue weighted by Crippen LogP contribution is -2.14. The van der Waals surface area contributed by atoms with Gasteiger partial charge in [-0.25, -0.2) is 8.42 Å². The van der Waals surface area contributed by atoms with E-state index in [1.165, 1.54) is 24.3 Å². The molecule has 0 spiro atoms. The third-order valence-corrected chi connectivity index (χ3v) is 4.65. The third kappa shape index (κ3) is 3.43. The van der Waals surface area contributed by atoms with Gasteiger partial charge in [0.2, 0.25) is 0 Å². The summed E-state index contributed by atoms with van der Waals surface area (Å²) >= 11 is 0. The molecule has 1 N–H and O–H groups in total. The van der Waals surface area contributed by atoms with E-state index < -0.39 is 14.9 Å². The Morgan fingerprint density at radius 3 is 2.50 bits per heavy atom. The first-order chi connectivity index (χ1) is 10.3. The van der Waals surface area contributed by atoms with Crippen LogP contribution in [0.1, 0.15) is 18.1 Å². The first kappa shape index (κ1) is 16.0. The Balaban J connectivity index is 2.34. The number of anilines is 1. The quantitative estimate of drug-likeness (QED) is 0.676. The second-order valence-corrected chi connectivity index (χ2v) is 6.55. The molecule has 0 heterocycles. The molecule has 2 aromatic carbocycles. The first-order valence-electron chi connectivity index (χ1n) is 6.70. The zero-order valence-electron chi connectivity index (χ0n) is 12.2. The van der Waals surface area contributed by atoms with E-state index in [1.807, 2.05) is 13.0 Å². The molecule has 22 heavy (non-hydrogen) atoms. The Labute approximate surface area is 129 Å². The van der Waals surface area contributed by atoms with Gasteiger partial charge in [-0.3, -0.25) is 14.8 Å². The predicted molar refractivity (Wildman–Crippen MR) is 84.5 cm³/mol. The van der Waals surface area contributed by atoms with E-state index >= 15 is 0 Å². The molecule has 0 aliphatic heterocycles. The van der Waals surface area contributed by atoms with E-state index in [-0.39, 0.29) is 10.6 Å². The van der Waals surface area contributed by atoms with Crippen molar-refractivity contribution in [2.75, 3.05) is 4.72 Å². The van der Waals surface area contributed by atoms with Crippen LogP contribution in [0, 0.1) is 17.0 Å². The Morgan fingerprint density at radius 1 is 1.18 bits per heavy atom. The number of nitrogens with one attached hydrogen (secondary N) is 1. The monoisotopic (exact) mass is 320 g/mol. The highest BCUT2D eigenvalue weighted by Gasteiger charge is 2.17. The number of aryl methyl sites for hydroxylation is 2. The molecule has 2 rings (SSSR count). The summed E-state index contributed by atoms with van der Waals surface area (Å²) < 4.78 is 27.3. The molecule has 6 nitrogen and oxygen atoms in total. The fraction of sp³-hybridized carbons (Fsp3) is 0.200. The van der Waals surface area contributed by atoms with Crippen molar-refractivity contribution in [3.8, 4) is 0 Å². The molecule has 0 saturated heterocycles. The summed E-state index contributed by atoms with van der Waals surface area (Å²) in [5, 5.41) is 10.7. The number of sulfonamides is 1. The van der Waals surface area contributed by atoms with Crippen LogP contribution < -0.4 is 4.72 Å². The van der Waals surface area contributed by atoms with Crippen LogP contribution in [-0.4, -0.2) is 13.3 Å². The van der Waals surface area contributed by atoms with Crippen molar-refractivity contribution in [2.45, 2.75) is 25.2 Å². The van der Waals surface area contributed by atoms with Gasteiger partial charge in [-0.05, 0) is 42.7 Å². The molecule has 0 bridgehead atoms. The molecule has 0 aliphatic carbocycles. The Morgan fingerprint density at radius 2 is 1.91 bits per heavy atom. The Bertz CT molecular complexity index is 816. The molecular formula is C15H16N2O4S. The van der Waals surface area contributed by atoms with Gasteiger partial charge in [0.15, 0.2) is 0 Å². The maximum Gasteiger partial charge on any atom is 0.269 e. The summed E-state index contributed by atoms with van der Waals surface area (Å²) in [6, 6.07) is 10.7. The van der Waals surface area contributed by atoms with Crippen LogP contribution in [0.2, 0.25) is 0 Å². The van der Waals surface area contributed by atoms with E-state index in [2.05, 4.69) is 4.72 Å². The summed E-state index contributed by atoms with van der Waals surface area (Å²) in [6.07, 6.45) is 0.736. The molecule has 2 aromatic rings. The molecule has 0 saturated carbocycles. The van der Waals surface area contributed by atoms with Crippen molar-refractivity contribution in [1.82, 2.24) is 0 Å². The number of rotatable bonds is 5. The maximum atomic E-state index is 12.4. The number of nitro groups is 1. The normalized spacial score (nSPS) is 11.2. The van der Waals surface area contributed by atoms with Crippen LogP contribution in [0.4, 0.5) is 11.4 Å². The van der Waals surface area contributed by atoms with Gasteiger partial charge in [0.1, 0.15) is 0 Å². The predicted octanol–water partition coefficient (Wildman–Crippen LogP) is 3.27. The minimum Gasteiger partial charge on any atom is -0.279 e. The maximum absolute atomic E-state index is 12.4. The molecular weight excluding hydrogens is 304 g/mol. The molecule has 0 fully saturated rings. The van der Waals surface area contributed by atoms with Gasteiger partial charge in [0.25, 0.3) is 15.7 Å². The number of hydrogen-bond acceptors (Lipinski definition) is 4. The van der Waals surface area contributed by atoms with Crippen LogP contribution in [-0.2, 0) is 16.4 Å². The molecule has 0 unspecified atom stereocenters. The van der Waals surface area contributed by atoms with Crippen molar-refractivity contribution in [1.29, 1.82) is 0 Å². The SMILES string of the molecule is CCc1cccc(S(=O)(=O)Nc2ccc([N+](=O)[O-])cc2C)c1. The van der Waals surface area contributed by atoms with E-state index in [4.69, 9.17) is 0 Å². The summed E-state index contributed by atoms with van der Waals surface area (Å²) in [4.78, 5) is 10.4. The lowest BCUT2D eigenvalue weighted by molar-refractivity contribution is -0.384. The number of non-ortho nitro benzene ring substituents is 1. The fourth-order valence-corrected chi connectivity index (χ4v) is 3.21. The third-order valence-electron chi connectivity index (χ3n) is 3.28. The van der Waals surface area contributed by atoms with Crippen LogP contribution in [0.15, 0.2) is 47.4 Å². The van der Waals surface area contributed by atoms with E-state index in [9.17, 15) is 18.5 Å². The van der Waals surface area contributed by atoms with Gasteiger partial charge in [0, 0.05) is 12.1 Å². The van der Waals surface area contributed by atoms with Crippen molar-refractivity contribution in [3.63, 3.8) is 0 Å². The standard InChI is InChI=1S/C15H16N2O4S/c1-3-12-5-4-6-14(10-12)22(20,21)16-15-8-7-13(17(18)19)9-11(15)2/h4-10,16H,3H2,1-2H3. The number of benzene rings is 2. The summed E-state index contributed by atoms with van der Waals surface area (Å²) in [5.41, 5.74) is 1.66. The average molecular weight is 320 g/mol. The topological polar surface area (TPSA) is 89.3 Å². The zero-order valence-corrected chi connectivity index (χ0v) is 13.1. The van der Waals surface area contributed by atoms with Gasteiger partial charge >= 0.3 is 0 Å². The van der Waals surface area contributed by atoms with Crippen molar-refractivity contribution in [2.24, 2.45) is 0 Å². The lowest BCUT2D eigenvalue weighted by atomic mass is 10.2. The van der Waals surface area contributed by atoms with Crippen molar-refractivity contribution < 1.29 is 13.3 Å².